The van der Waals surface area contributed by atoms with Crippen LogP contribution < -0.4 is 0 Å². The zero-order valence-corrected chi connectivity index (χ0v) is 9.71. The number of aromatic nitrogens is 2. The van der Waals surface area contributed by atoms with E-state index in [1.54, 1.807) is 7.11 Å². The van der Waals surface area contributed by atoms with Gasteiger partial charge in [-0.3, -0.25) is 0 Å². The lowest BCUT2D eigenvalue weighted by molar-refractivity contribution is 0.180. The summed E-state index contributed by atoms with van der Waals surface area (Å²) >= 11 is 3.44. The highest BCUT2D eigenvalue weighted by molar-refractivity contribution is 9.10. The summed E-state index contributed by atoms with van der Waals surface area (Å²) in [5.41, 5.74) is 3.08. The lowest BCUT2D eigenvalue weighted by Gasteiger charge is -2.01. The predicted octanol–water partition coefficient (Wildman–Crippen LogP) is 2.55. The van der Waals surface area contributed by atoms with E-state index in [9.17, 15) is 0 Å². The standard InChI is InChI=1S/C10H11BrN2O/c1-7-9(6-14-2)13-5-8(11)3-4-10(13)12-7/h3-5H,6H2,1-2H3. The highest BCUT2D eigenvalue weighted by Crippen LogP contribution is 2.16. The van der Waals surface area contributed by atoms with Crippen molar-refractivity contribution < 1.29 is 4.74 Å². The number of pyridine rings is 1. The van der Waals surface area contributed by atoms with Crippen LogP contribution in [0.1, 0.15) is 11.4 Å². The summed E-state index contributed by atoms with van der Waals surface area (Å²) in [6.07, 6.45) is 2.00. The van der Waals surface area contributed by atoms with E-state index in [1.165, 1.54) is 0 Å². The molecule has 2 aromatic rings. The smallest absolute Gasteiger partial charge is 0.137 e. The molecule has 74 valence electrons. The third kappa shape index (κ3) is 1.55. The molecule has 14 heavy (non-hydrogen) atoms. The number of fused-ring (bicyclic) bond motifs is 1. The minimum atomic E-state index is 0.587. The Morgan fingerprint density at radius 2 is 2.29 bits per heavy atom. The topological polar surface area (TPSA) is 26.5 Å². The van der Waals surface area contributed by atoms with Gasteiger partial charge in [0.1, 0.15) is 5.65 Å². The van der Waals surface area contributed by atoms with Crippen LogP contribution in [0.5, 0.6) is 0 Å². The van der Waals surface area contributed by atoms with Gasteiger partial charge in [0.2, 0.25) is 0 Å². The van der Waals surface area contributed by atoms with Crippen molar-refractivity contribution in [3.05, 3.63) is 34.2 Å². The third-order valence-corrected chi connectivity index (χ3v) is 2.63. The second-order valence-corrected chi connectivity index (χ2v) is 4.07. The molecule has 0 saturated heterocycles. The average Bonchev–Trinajstić information content (AvgIpc) is 2.45. The van der Waals surface area contributed by atoms with E-state index in [0.717, 1.165) is 21.5 Å². The Bertz CT molecular complexity index is 464. The lowest BCUT2D eigenvalue weighted by atomic mass is 10.3. The first kappa shape index (κ1) is 9.68. The molecule has 2 rings (SSSR count). The molecule has 0 aliphatic rings. The second kappa shape index (κ2) is 3.71. The molecule has 0 N–H and O–H groups in total. The van der Waals surface area contributed by atoms with Crippen molar-refractivity contribution in [1.82, 2.24) is 9.38 Å². The van der Waals surface area contributed by atoms with Crippen molar-refractivity contribution in [3.63, 3.8) is 0 Å². The number of rotatable bonds is 2. The van der Waals surface area contributed by atoms with E-state index < -0.39 is 0 Å². The SMILES string of the molecule is COCc1c(C)nc2ccc(Br)cn12. The fourth-order valence-electron chi connectivity index (χ4n) is 1.50. The Morgan fingerprint density at radius 1 is 1.50 bits per heavy atom. The Kier molecular flexibility index (Phi) is 2.56. The van der Waals surface area contributed by atoms with Gasteiger partial charge in [-0.15, -0.1) is 0 Å². The molecule has 0 unspecified atom stereocenters. The van der Waals surface area contributed by atoms with Crippen molar-refractivity contribution in [3.8, 4) is 0 Å². The largest absolute Gasteiger partial charge is 0.378 e. The van der Waals surface area contributed by atoms with Crippen LogP contribution in [0.2, 0.25) is 0 Å². The van der Waals surface area contributed by atoms with Crippen molar-refractivity contribution in [2.75, 3.05) is 7.11 Å². The maximum atomic E-state index is 5.14. The fraction of sp³-hybridized carbons (Fsp3) is 0.300. The third-order valence-electron chi connectivity index (χ3n) is 2.16. The fourth-order valence-corrected chi connectivity index (χ4v) is 1.83. The number of hydrogen-bond acceptors (Lipinski definition) is 2. The van der Waals surface area contributed by atoms with Gasteiger partial charge in [-0.25, -0.2) is 4.98 Å². The first-order valence-electron chi connectivity index (χ1n) is 4.34. The zero-order valence-electron chi connectivity index (χ0n) is 8.12. The number of methoxy groups -OCH3 is 1. The Morgan fingerprint density at radius 3 is 3.00 bits per heavy atom. The van der Waals surface area contributed by atoms with Gasteiger partial charge in [0, 0.05) is 17.8 Å². The van der Waals surface area contributed by atoms with Gasteiger partial charge in [-0.05, 0) is 35.0 Å². The van der Waals surface area contributed by atoms with E-state index in [0.29, 0.717) is 6.61 Å². The van der Waals surface area contributed by atoms with E-state index in [4.69, 9.17) is 4.74 Å². The molecule has 0 spiro atoms. The molecule has 0 aliphatic heterocycles. The quantitative estimate of drug-likeness (QED) is 0.824. The van der Waals surface area contributed by atoms with Crippen molar-refractivity contribution in [1.29, 1.82) is 0 Å². The number of ether oxygens (including phenoxy) is 1. The van der Waals surface area contributed by atoms with Gasteiger partial charge in [0.05, 0.1) is 18.0 Å². The summed E-state index contributed by atoms with van der Waals surface area (Å²) < 4.78 is 8.22. The van der Waals surface area contributed by atoms with Crippen molar-refractivity contribution in [2.45, 2.75) is 13.5 Å². The molecule has 0 fully saturated rings. The molecule has 0 aromatic carbocycles. The molecule has 0 bridgehead atoms. The summed E-state index contributed by atoms with van der Waals surface area (Å²) in [6, 6.07) is 3.97. The summed E-state index contributed by atoms with van der Waals surface area (Å²) in [4.78, 5) is 4.43. The van der Waals surface area contributed by atoms with E-state index in [2.05, 4.69) is 20.9 Å². The molecule has 0 saturated carbocycles. The van der Waals surface area contributed by atoms with Crippen molar-refractivity contribution in [2.24, 2.45) is 0 Å². The van der Waals surface area contributed by atoms with Gasteiger partial charge in [-0.2, -0.15) is 0 Å². The van der Waals surface area contributed by atoms with E-state index in [-0.39, 0.29) is 0 Å². The molecule has 2 aromatic heterocycles. The van der Waals surface area contributed by atoms with Crippen molar-refractivity contribution >= 4 is 21.6 Å². The number of aryl methyl sites for hydroxylation is 1. The first-order valence-corrected chi connectivity index (χ1v) is 5.13. The van der Waals surface area contributed by atoms with Crippen LogP contribution in [0.3, 0.4) is 0 Å². The molecular formula is C10H11BrN2O. The number of halogens is 1. The van der Waals surface area contributed by atoms with Crippen LogP contribution in [0, 0.1) is 6.92 Å². The van der Waals surface area contributed by atoms with Gasteiger partial charge in [0.15, 0.2) is 0 Å². The molecule has 0 aliphatic carbocycles. The van der Waals surface area contributed by atoms with Crippen LogP contribution >= 0.6 is 15.9 Å². The molecule has 3 nitrogen and oxygen atoms in total. The van der Waals surface area contributed by atoms with E-state index >= 15 is 0 Å². The number of nitrogens with zero attached hydrogens (tertiary/aromatic N) is 2. The molecule has 2 heterocycles. The first-order chi connectivity index (χ1) is 6.72. The van der Waals surface area contributed by atoms with Gasteiger partial charge < -0.3 is 9.14 Å². The zero-order chi connectivity index (χ0) is 10.1. The van der Waals surface area contributed by atoms with Crippen LogP contribution in [0.25, 0.3) is 5.65 Å². The molecule has 0 radical (unpaired) electrons. The number of imidazole rings is 1. The normalized spacial score (nSPS) is 11.1. The minimum Gasteiger partial charge on any atom is -0.378 e. The molecular weight excluding hydrogens is 244 g/mol. The summed E-state index contributed by atoms with van der Waals surface area (Å²) in [6.45, 7) is 2.58. The monoisotopic (exact) mass is 254 g/mol. The van der Waals surface area contributed by atoms with Crippen LogP contribution in [-0.4, -0.2) is 16.5 Å². The predicted molar refractivity (Wildman–Crippen MR) is 58.3 cm³/mol. The average molecular weight is 255 g/mol. The van der Waals surface area contributed by atoms with Crippen LogP contribution in [-0.2, 0) is 11.3 Å². The van der Waals surface area contributed by atoms with E-state index in [1.807, 2.05) is 29.7 Å². The summed E-state index contributed by atoms with van der Waals surface area (Å²) in [5.74, 6) is 0. The number of hydrogen-bond donors (Lipinski definition) is 0. The maximum absolute atomic E-state index is 5.14. The highest BCUT2D eigenvalue weighted by Gasteiger charge is 2.07. The molecule has 0 amide bonds. The maximum Gasteiger partial charge on any atom is 0.137 e. The van der Waals surface area contributed by atoms with Crippen LogP contribution in [0.15, 0.2) is 22.8 Å². The minimum absolute atomic E-state index is 0.587. The van der Waals surface area contributed by atoms with Gasteiger partial charge in [0.25, 0.3) is 0 Å². The molecule has 4 heteroatoms. The molecule has 0 atom stereocenters. The summed E-state index contributed by atoms with van der Waals surface area (Å²) in [7, 11) is 1.69. The summed E-state index contributed by atoms with van der Waals surface area (Å²) in [5, 5.41) is 0. The Balaban J connectivity index is 2.66. The lowest BCUT2D eigenvalue weighted by Crippen LogP contribution is -1.96. The highest BCUT2D eigenvalue weighted by atomic mass is 79.9. The van der Waals surface area contributed by atoms with Gasteiger partial charge >= 0.3 is 0 Å². The Hall–Kier alpha value is -0.870. The van der Waals surface area contributed by atoms with Gasteiger partial charge in [-0.1, -0.05) is 0 Å². The van der Waals surface area contributed by atoms with Crippen LogP contribution in [0.4, 0.5) is 0 Å². The second-order valence-electron chi connectivity index (χ2n) is 3.15. The Labute approximate surface area is 90.8 Å².